The van der Waals surface area contributed by atoms with E-state index in [1.807, 2.05) is 11.0 Å². The number of piperazine rings is 1. The van der Waals surface area contributed by atoms with Crippen LogP contribution in [0.15, 0.2) is 18.3 Å². The first-order valence-electron chi connectivity index (χ1n) is 6.05. The molecule has 5 nitrogen and oxygen atoms in total. The summed E-state index contributed by atoms with van der Waals surface area (Å²) in [7, 11) is 0. The lowest BCUT2D eigenvalue weighted by Gasteiger charge is -2.34. The summed E-state index contributed by atoms with van der Waals surface area (Å²) in [5.74, 6) is 0.965. The Bertz CT molecular complexity index is 465. The molecule has 0 spiro atoms. The average molecular weight is 247 g/mol. The Labute approximate surface area is 106 Å². The third-order valence-corrected chi connectivity index (χ3v) is 3.20. The molecular weight excluding hydrogens is 230 g/mol. The number of rotatable bonds is 2. The summed E-state index contributed by atoms with van der Waals surface area (Å²) in [6.45, 7) is 6.07. The van der Waals surface area contributed by atoms with Crippen LogP contribution in [0.4, 0.5) is 5.82 Å². The normalized spacial score (nSPS) is 15.7. The van der Waals surface area contributed by atoms with Gasteiger partial charge in [-0.2, -0.15) is 0 Å². The molecule has 1 amide bonds. The maximum Gasteiger partial charge on any atom is 0.219 e. The fourth-order valence-electron chi connectivity index (χ4n) is 2.06. The van der Waals surface area contributed by atoms with Crippen LogP contribution in [0, 0.1) is 0 Å². The summed E-state index contributed by atoms with van der Waals surface area (Å²) < 4.78 is 0. The smallest absolute Gasteiger partial charge is 0.219 e. The Balaban J connectivity index is 2.07. The molecule has 1 aliphatic rings. The Hall–Kier alpha value is -1.91. The van der Waals surface area contributed by atoms with E-state index in [4.69, 9.17) is 0 Å². The third kappa shape index (κ3) is 2.67. The van der Waals surface area contributed by atoms with E-state index < -0.39 is 0 Å². The molecule has 2 heterocycles. The van der Waals surface area contributed by atoms with Gasteiger partial charge < -0.3 is 9.80 Å². The van der Waals surface area contributed by atoms with E-state index in [2.05, 4.69) is 9.88 Å². The van der Waals surface area contributed by atoms with Crippen LogP contribution in [0.3, 0.4) is 0 Å². The molecule has 96 valence electrons. The van der Waals surface area contributed by atoms with Crippen molar-refractivity contribution in [3.63, 3.8) is 0 Å². The molecule has 0 aliphatic carbocycles. The summed E-state index contributed by atoms with van der Waals surface area (Å²) in [5.41, 5.74) is 0.675. The topological polar surface area (TPSA) is 53.5 Å². The molecule has 1 aromatic rings. The summed E-state index contributed by atoms with van der Waals surface area (Å²) in [5, 5.41) is 0. The molecule has 0 radical (unpaired) electrons. The van der Waals surface area contributed by atoms with Gasteiger partial charge in [-0.25, -0.2) is 4.98 Å². The van der Waals surface area contributed by atoms with Crippen LogP contribution in [-0.4, -0.2) is 47.8 Å². The van der Waals surface area contributed by atoms with Gasteiger partial charge in [0.15, 0.2) is 5.78 Å². The van der Waals surface area contributed by atoms with Gasteiger partial charge in [-0.15, -0.1) is 0 Å². The molecule has 2 rings (SSSR count). The number of hydrogen-bond donors (Lipinski definition) is 0. The van der Waals surface area contributed by atoms with Crippen molar-refractivity contribution in [1.82, 2.24) is 9.88 Å². The maximum absolute atomic E-state index is 11.3. The summed E-state index contributed by atoms with van der Waals surface area (Å²) in [6.07, 6.45) is 1.66. The number of carbonyl (C=O) groups excluding carboxylic acids is 2. The van der Waals surface area contributed by atoms with Crippen LogP contribution in [0.25, 0.3) is 0 Å². The van der Waals surface area contributed by atoms with Gasteiger partial charge in [0, 0.05) is 44.9 Å². The zero-order valence-corrected chi connectivity index (χ0v) is 10.7. The van der Waals surface area contributed by atoms with Gasteiger partial charge in [0.05, 0.1) is 0 Å². The van der Waals surface area contributed by atoms with Gasteiger partial charge in [0.1, 0.15) is 5.82 Å². The summed E-state index contributed by atoms with van der Waals surface area (Å²) in [4.78, 5) is 30.8. The first-order valence-corrected chi connectivity index (χ1v) is 6.05. The minimum absolute atomic E-state index is 0.0426. The van der Waals surface area contributed by atoms with E-state index in [1.165, 1.54) is 0 Å². The molecule has 5 heteroatoms. The Morgan fingerprint density at radius 2 is 1.83 bits per heavy atom. The number of aromatic nitrogens is 1. The molecule has 1 saturated heterocycles. The van der Waals surface area contributed by atoms with E-state index >= 15 is 0 Å². The minimum Gasteiger partial charge on any atom is -0.353 e. The maximum atomic E-state index is 11.3. The summed E-state index contributed by atoms with van der Waals surface area (Å²) >= 11 is 0. The Morgan fingerprint density at radius 1 is 1.17 bits per heavy atom. The Morgan fingerprint density at radius 3 is 2.39 bits per heavy atom. The SMILES string of the molecule is CC(=O)c1ccnc(N2CCN(C(C)=O)CC2)c1. The van der Waals surface area contributed by atoms with Gasteiger partial charge in [0.2, 0.25) is 5.91 Å². The van der Waals surface area contributed by atoms with Crippen molar-refractivity contribution in [2.45, 2.75) is 13.8 Å². The molecule has 0 N–H and O–H groups in total. The highest BCUT2D eigenvalue weighted by Crippen LogP contribution is 2.15. The predicted molar refractivity (Wildman–Crippen MR) is 68.7 cm³/mol. The largest absolute Gasteiger partial charge is 0.353 e. The zero-order valence-electron chi connectivity index (χ0n) is 10.7. The second kappa shape index (κ2) is 5.16. The highest BCUT2D eigenvalue weighted by Gasteiger charge is 2.19. The molecule has 1 fully saturated rings. The van der Waals surface area contributed by atoms with Gasteiger partial charge in [-0.05, 0) is 19.1 Å². The van der Waals surface area contributed by atoms with Crippen LogP contribution in [0.1, 0.15) is 24.2 Å². The number of carbonyl (C=O) groups is 2. The highest BCUT2D eigenvalue weighted by molar-refractivity contribution is 5.94. The number of anilines is 1. The van der Waals surface area contributed by atoms with Crippen LogP contribution in [0.5, 0.6) is 0 Å². The average Bonchev–Trinajstić information content (AvgIpc) is 2.39. The van der Waals surface area contributed by atoms with Crippen molar-refractivity contribution >= 4 is 17.5 Å². The highest BCUT2D eigenvalue weighted by atomic mass is 16.2. The van der Waals surface area contributed by atoms with Gasteiger partial charge in [-0.1, -0.05) is 0 Å². The number of Topliss-reactive ketones (excluding diaryl/α,β-unsaturated/α-hetero) is 1. The van der Waals surface area contributed by atoms with E-state index in [1.54, 1.807) is 26.1 Å². The monoisotopic (exact) mass is 247 g/mol. The van der Waals surface area contributed by atoms with Crippen molar-refractivity contribution < 1.29 is 9.59 Å². The first-order chi connectivity index (χ1) is 8.58. The quantitative estimate of drug-likeness (QED) is 0.730. The van der Waals surface area contributed by atoms with Gasteiger partial charge in [-0.3, -0.25) is 9.59 Å². The number of amides is 1. The minimum atomic E-state index is 0.0426. The van der Waals surface area contributed by atoms with E-state index in [0.29, 0.717) is 18.7 Å². The lowest BCUT2D eigenvalue weighted by molar-refractivity contribution is -0.129. The van der Waals surface area contributed by atoms with Crippen molar-refractivity contribution in [3.8, 4) is 0 Å². The van der Waals surface area contributed by atoms with E-state index in [0.717, 1.165) is 18.9 Å². The van der Waals surface area contributed by atoms with Crippen LogP contribution < -0.4 is 4.90 Å². The number of pyridine rings is 1. The van der Waals surface area contributed by atoms with E-state index in [9.17, 15) is 9.59 Å². The van der Waals surface area contributed by atoms with Crippen LogP contribution >= 0.6 is 0 Å². The molecule has 0 unspecified atom stereocenters. The summed E-state index contributed by atoms with van der Waals surface area (Å²) in [6, 6.07) is 3.53. The lowest BCUT2D eigenvalue weighted by atomic mass is 10.2. The molecule has 0 atom stereocenters. The lowest BCUT2D eigenvalue weighted by Crippen LogP contribution is -2.48. The van der Waals surface area contributed by atoms with Gasteiger partial charge in [0.25, 0.3) is 0 Å². The van der Waals surface area contributed by atoms with Crippen LogP contribution in [-0.2, 0) is 4.79 Å². The fourth-order valence-corrected chi connectivity index (χ4v) is 2.06. The Kier molecular flexibility index (Phi) is 3.60. The van der Waals surface area contributed by atoms with Crippen LogP contribution in [0.2, 0.25) is 0 Å². The van der Waals surface area contributed by atoms with Crippen molar-refractivity contribution in [1.29, 1.82) is 0 Å². The number of nitrogens with zero attached hydrogens (tertiary/aromatic N) is 3. The molecule has 1 aromatic heterocycles. The zero-order chi connectivity index (χ0) is 13.1. The molecule has 0 aromatic carbocycles. The van der Waals surface area contributed by atoms with Crippen molar-refractivity contribution in [3.05, 3.63) is 23.9 Å². The number of ketones is 1. The second-order valence-electron chi connectivity index (χ2n) is 4.45. The molecule has 18 heavy (non-hydrogen) atoms. The number of hydrogen-bond acceptors (Lipinski definition) is 4. The second-order valence-corrected chi connectivity index (χ2v) is 4.45. The van der Waals surface area contributed by atoms with Crippen molar-refractivity contribution in [2.75, 3.05) is 31.1 Å². The third-order valence-electron chi connectivity index (χ3n) is 3.20. The fraction of sp³-hybridized carbons (Fsp3) is 0.462. The molecule has 0 bridgehead atoms. The molecule has 1 aliphatic heterocycles. The van der Waals surface area contributed by atoms with Gasteiger partial charge >= 0.3 is 0 Å². The molecule has 0 saturated carbocycles. The standard InChI is InChI=1S/C13H17N3O2/c1-10(17)12-3-4-14-13(9-12)16-7-5-15(6-8-16)11(2)18/h3-4,9H,5-8H2,1-2H3. The molecular formula is C13H17N3O2. The van der Waals surface area contributed by atoms with Crippen molar-refractivity contribution in [2.24, 2.45) is 0 Å². The first kappa shape index (κ1) is 12.5. The predicted octanol–water partition coefficient (Wildman–Crippen LogP) is 0.953. The van der Waals surface area contributed by atoms with E-state index in [-0.39, 0.29) is 11.7 Å².